The van der Waals surface area contributed by atoms with Crippen molar-refractivity contribution in [1.82, 2.24) is 0 Å². The van der Waals surface area contributed by atoms with Crippen LogP contribution in [0.5, 0.6) is 17.2 Å². The van der Waals surface area contributed by atoms with Crippen molar-refractivity contribution in [3.05, 3.63) is 77.9 Å². The lowest BCUT2D eigenvalue weighted by atomic mass is 9.45. The van der Waals surface area contributed by atoms with Crippen LogP contribution in [0.4, 0.5) is 4.39 Å². The van der Waals surface area contributed by atoms with Gasteiger partial charge >= 0.3 is 17.9 Å². The van der Waals surface area contributed by atoms with Crippen molar-refractivity contribution in [2.75, 3.05) is 6.73 Å². The van der Waals surface area contributed by atoms with Crippen LogP contribution in [-0.4, -0.2) is 52.9 Å². The predicted molar refractivity (Wildman–Crippen MR) is 166 cm³/mol. The van der Waals surface area contributed by atoms with Crippen LogP contribution in [0.3, 0.4) is 0 Å². The van der Waals surface area contributed by atoms with Gasteiger partial charge in [-0.15, -0.1) is 0 Å². The lowest BCUT2D eigenvalue weighted by Crippen LogP contribution is -2.69. The van der Waals surface area contributed by atoms with Crippen molar-refractivity contribution in [1.29, 1.82) is 0 Å². The molecule has 248 valence electrons. The summed E-state index contributed by atoms with van der Waals surface area (Å²) in [6.45, 7) is 4.32. The van der Waals surface area contributed by atoms with Crippen molar-refractivity contribution in [2.45, 2.75) is 70.2 Å². The van der Waals surface area contributed by atoms with Gasteiger partial charge in [0, 0.05) is 29.7 Å². The van der Waals surface area contributed by atoms with Gasteiger partial charge in [-0.05, 0) is 93.5 Å². The molecule has 0 amide bonds. The van der Waals surface area contributed by atoms with Crippen molar-refractivity contribution < 1.29 is 47.6 Å². The fraction of sp³-hybridized carbons (Fsp3) is 0.444. The number of hydrogen-bond donors (Lipinski definition) is 2. The van der Waals surface area contributed by atoms with Crippen LogP contribution >= 0.6 is 0 Å². The Labute approximate surface area is 271 Å². The van der Waals surface area contributed by atoms with E-state index in [0.717, 1.165) is 0 Å². The second-order valence-electron chi connectivity index (χ2n) is 13.3. The number of fused-ring (bicyclic) bond motifs is 5. The molecule has 3 N–H and O–H groups in total. The summed E-state index contributed by atoms with van der Waals surface area (Å²) in [7, 11) is 0. The number of hydrogen-bond acceptors (Lipinski definition) is 10. The van der Waals surface area contributed by atoms with Gasteiger partial charge in [-0.25, -0.2) is 14.0 Å². The van der Waals surface area contributed by atoms with Gasteiger partial charge in [-0.1, -0.05) is 24.6 Å². The monoisotopic (exact) mass is 647 g/mol. The normalized spacial score (nSPS) is 33.9. The van der Waals surface area contributed by atoms with E-state index < -0.39 is 64.7 Å². The Morgan fingerprint density at radius 1 is 1.02 bits per heavy atom. The molecule has 11 heteroatoms. The molecule has 0 radical (unpaired) electrons. The van der Waals surface area contributed by atoms with Gasteiger partial charge in [0.15, 0.2) is 11.5 Å². The molecule has 2 aromatic carbocycles. The van der Waals surface area contributed by atoms with Crippen LogP contribution < -0.4 is 15.2 Å². The summed E-state index contributed by atoms with van der Waals surface area (Å²) in [4.78, 5) is 50.9. The summed E-state index contributed by atoms with van der Waals surface area (Å²) in [5, 5.41) is 11.7. The fourth-order valence-corrected chi connectivity index (χ4v) is 8.71. The number of esters is 3. The number of nitrogens with two attached hydrogens (primary N) is 1. The van der Waals surface area contributed by atoms with E-state index in [1.807, 2.05) is 0 Å². The van der Waals surface area contributed by atoms with Crippen LogP contribution in [0.25, 0.3) is 0 Å². The van der Waals surface area contributed by atoms with E-state index in [9.17, 15) is 24.3 Å². The van der Waals surface area contributed by atoms with Crippen molar-refractivity contribution in [3.63, 3.8) is 0 Å². The predicted octanol–water partition coefficient (Wildman–Crippen LogP) is 5.13. The average molecular weight is 648 g/mol. The summed E-state index contributed by atoms with van der Waals surface area (Å²) >= 11 is 0. The molecule has 0 heterocycles. The highest BCUT2D eigenvalue weighted by atomic mass is 19.1. The zero-order valence-corrected chi connectivity index (χ0v) is 26.5. The molecular weight excluding hydrogens is 609 g/mol. The van der Waals surface area contributed by atoms with Crippen LogP contribution in [-0.2, 0) is 23.9 Å². The van der Waals surface area contributed by atoms with Crippen LogP contribution in [0, 0.1) is 22.7 Å². The molecule has 2 aromatic rings. The Balaban J connectivity index is 1.27. The number of alkyl halides is 1. The van der Waals surface area contributed by atoms with Gasteiger partial charge in [-0.2, -0.15) is 0 Å². The number of allylic oxidation sites excluding steroid dienone is 4. The lowest BCUT2D eigenvalue weighted by Gasteiger charge is -2.62. The first kappa shape index (κ1) is 32.6. The third-order valence-electron chi connectivity index (χ3n) is 11.0. The van der Waals surface area contributed by atoms with Crippen LogP contribution in [0.15, 0.2) is 72.3 Å². The van der Waals surface area contributed by atoms with Gasteiger partial charge in [-0.3, -0.25) is 15.3 Å². The summed E-state index contributed by atoms with van der Waals surface area (Å²) < 4.78 is 39.9. The summed E-state index contributed by atoms with van der Waals surface area (Å²) in [6.07, 6.45) is 3.91. The molecule has 0 spiro atoms. The molecule has 0 bridgehead atoms. The van der Waals surface area contributed by atoms with E-state index in [1.54, 1.807) is 56.3 Å². The number of carbonyl (C=O) groups excluding carboxylic acids is 4. The number of ketones is 1. The third-order valence-corrected chi connectivity index (χ3v) is 11.0. The molecule has 47 heavy (non-hydrogen) atoms. The minimum absolute atomic E-state index is 0.0612. The maximum absolute atomic E-state index is 17.5. The van der Waals surface area contributed by atoms with Crippen molar-refractivity contribution in [3.8, 4) is 17.2 Å². The van der Waals surface area contributed by atoms with Crippen LogP contribution in [0.1, 0.15) is 63.2 Å². The average Bonchev–Trinajstić information content (AvgIpc) is 3.30. The number of carbonyl (C=O) groups is 4. The molecule has 6 rings (SSSR count). The van der Waals surface area contributed by atoms with E-state index in [2.05, 4.69) is 0 Å². The molecule has 0 unspecified atom stereocenters. The number of rotatable bonds is 7. The standard InChI is InChI=1S/C36H38FNO9/c1-21(39)45-26-5-4-6-27(18-26)46-25-10-7-22(8-11-25)31(42)47-35(32(43)44-20-38)16-14-28-29-12-9-23-17-24(40)13-15-33(23,2)36(29,37)30(41)19-34(28,35)3/h4-8,10-11,13,15,17-18,28-30,41H,9,12,14,16,19-20,38H2,1-3H3/t28-,29-,30-,33-,34-,35-,36-/m0/s1. The smallest absolute Gasteiger partial charge is 0.352 e. The topological polar surface area (TPSA) is 151 Å². The first-order valence-electron chi connectivity index (χ1n) is 15.8. The van der Waals surface area contributed by atoms with Gasteiger partial charge in [0.25, 0.3) is 0 Å². The Hall–Kier alpha value is -4.35. The Morgan fingerprint density at radius 3 is 2.45 bits per heavy atom. The van der Waals surface area contributed by atoms with E-state index >= 15 is 4.39 Å². The first-order valence-corrected chi connectivity index (χ1v) is 15.8. The minimum atomic E-state index is -2.11. The Kier molecular flexibility index (Phi) is 8.12. The molecule has 0 aromatic heterocycles. The zero-order valence-electron chi connectivity index (χ0n) is 26.5. The second-order valence-corrected chi connectivity index (χ2v) is 13.3. The molecule has 4 aliphatic rings. The highest BCUT2D eigenvalue weighted by molar-refractivity contribution is 6.01. The zero-order chi connectivity index (χ0) is 33.8. The molecule has 10 nitrogen and oxygen atoms in total. The maximum Gasteiger partial charge on any atom is 0.352 e. The van der Waals surface area contributed by atoms with Gasteiger partial charge < -0.3 is 24.1 Å². The van der Waals surface area contributed by atoms with E-state index in [1.165, 1.54) is 31.2 Å². The Bertz CT molecular complexity index is 1690. The molecule has 4 aliphatic carbocycles. The molecule has 7 atom stereocenters. The third kappa shape index (κ3) is 5.07. The van der Waals surface area contributed by atoms with E-state index in [0.29, 0.717) is 42.1 Å². The highest BCUT2D eigenvalue weighted by Crippen LogP contribution is 2.70. The lowest BCUT2D eigenvalue weighted by molar-refractivity contribution is -0.225. The number of halogens is 1. The first-order chi connectivity index (χ1) is 22.3. The Morgan fingerprint density at radius 2 is 1.74 bits per heavy atom. The highest BCUT2D eigenvalue weighted by Gasteiger charge is 2.76. The molecule has 3 saturated carbocycles. The second kappa shape index (κ2) is 11.7. The van der Waals surface area contributed by atoms with Gasteiger partial charge in [0.05, 0.1) is 11.7 Å². The summed E-state index contributed by atoms with van der Waals surface area (Å²) in [5.74, 6) is -2.34. The van der Waals surface area contributed by atoms with Gasteiger partial charge in [0.1, 0.15) is 24.0 Å². The van der Waals surface area contributed by atoms with E-state index in [4.69, 9.17) is 24.7 Å². The largest absolute Gasteiger partial charge is 0.457 e. The number of aliphatic hydroxyl groups excluding tert-OH is 1. The van der Waals surface area contributed by atoms with Gasteiger partial charge in [0.2, 0.25) is 5.60 Å². The van der Waals surface area contributed by atoms with E-state index in [-0.39, 0.29) is 24.2 Å². The maximum atomic E-state index is 17.5. The number of aliphatic hydroxyl groups is 1. The quantitative estimate of drug-likeness (QED) is 0.235. The molecule has 0 saturated heterocycles. The number of benzene rings is 2. The minimum Gasteiger partial charge on any atom is -0.457 e. The summed E-state index contributed by atoms with van der Waals surface area (Å²) in [5.41, 5.74) is 0.0584. The van der Waals surface area contributed by atoms with Crippen molar-refractivity contribution >= 4 is 23.7 Å². The van der Waals surface area contributed by atoms with Crippen LogP contribution in [0.2, 0.25) is 0 Å². The molecule has 0 aliphatic heterocycles. The molecular formula is C36H38FNO9. The fourth-order valence-electron chi connectivity index (χ4n) is 8.71. The summed E-state index contributed by atoms with van der Waals surface area (Å²) in [6, 6.07) is 12.6. The SMILES string of the molecule is CC(=O)Oc1cccc(Oc2ccc(C(=O)O[C@]3(C(=O)OCN)CC[C@H]4[C@@H]5CCC6=CC(=O)C=C[C@]6(C)[C@@]5(F)[C@@H](O)C[C@@]43C)cc2)c1. The van der Waals surface area contributed by atoms with Crippen molar-refractivity contribution in [2.24, 2.45) is 28.4 Å². The number of ether oxygens (including phenoxy) is 4. The molecule has 3 fully saturated rings.